The molecule has 4 heteroatoms. The van der Waals surface area contributed by atoms with Gasteiger partial charge >= 0.3 is 0 Å². The molecule has 0 saturated heterocycles. The number of carbonyl (C=O) groups is 1. The average Bonchev–Trinajstić information content (AvgIpc) is 2.35. The van der Waals surface area contributed by atoms with Gasteiger partial charge in [-0.25, -0.2) is 0 Å². The number of amides is 1. The maximum Gasteiger partial charge on any atom is 0.243 e. The molecule has 1 unspecified atom stereocenters. The molecule has 1 amide bonds. The number of nitrogens with one attached hydrogen (secondary N) is 1. The van der Waals surface area contributed by atoms with E-state index in [9.17, 15) is 4.79 Å². The molecule has 0 fully saturated rings. The smallest absolute Gasteiger partial charge is 0.243 e. The van der Waals surface area contributed by atoms with Gasteiger partial charge in [0.05, 0.1) is 0 Å². The fourth-order valence-corrected chi connectivity index (χ4v) is 3.16. The summed E-state index contributed by atoms with van der Waals surface area (Å²) in [7, 11) is 1.79. The standard InChI is InChI=1S/C14H22N2OS/c1-11(2)9-18-10-14(16-3,13(15)17)12-7-5-4-6-8-12/h4-8,11,16H,9-10H2,1-3H3,(H2,15,17). The maximum atomic E-state index is 11.9. The number of hydrogen-bond donors (Lipinski definition) is 2. The summed E-state index contributed by atoms with van der Waals surface area (Å²) in [6, 6.07) is 9.68. The van der Waals surface area contributed by atoms with Crippen LogP contribution in [0.4, 0.5) is 0 Å². The second-order valence-electron chi connectivity index (χ2n) is 4.79. The van der Waals surface area contributed by atoms with Crippen molar-refractivity contribution in [3.63, 3.8) is 0 Å². The van der Waals surface area contributed by atoms with Gasteiger partial charge < -0.3 is 11.1 Å². The third-order valence-corrected chi connectivity index (χ3v) is 4.42. The first-order valence-electron chi connectivity index (χ1n) is 6.15. The Morgan fingerprint density at radius 3 is 2.44 bits per heavy atom. The molecule has 0 aliphatic carbocycles. The minimum atomic E-state index is -0.777. The summed E-state index contributed by atoms with van der Waals surface area (Å²) < 4.78 is 0. The number of hydrogen-bond acceptors (Lipinski definition) is 3. The Kier molecular flexibility index (Phi) is 5.69. The molecule has 100 valence electrons. The summed E-state index contributed by atoms with van der Waals surface area (Å²) in [6.45, 7) is 4.33. The van der Waals surface area contributed by atoms with Crippen molar-refractivity contribution in [3.05, 3.63) is 35.9 Å². The number of likely N-dealkylation sites (N-methyl/N-ethyl adjacent to an activating group) is 1. The maximum absolute atomic E-state index is 11.9. The van der Waals surface area contributed by atoms with Gasteiger partial charge in [-0.2, -0.15) is 11.8 Å². The summed E-state index contributed by atoms with van der Waals surface area (Å²) in [5, 5.41) is 3.11. The van der Waals surface area contributed by atoms with Crippen molar-refractivity contribution in [3.8, 4) is 0 Å². The first kappa shape index (κ1) is 15.1. The highest BCUT2D eigenvalue weighted by molar-refractivity contribution is 7.99. The van der Waals surface area contributed by atoms with Crippen molar-refractivity contribution in [2.45, 2.75) is 19.4 Å². The molecule has 0 saturated carbocycles. The van der Waals surface area contributed by atoms with Crippen molar-refractivity contribution in [2.24, 2.45) is 11.7 Å². The quantitative estimate of drug-likeness (QED) is 0.793. The normalized spacial score (nSPS) is 14.4. The van der Waals surface area contributed by atoms with E-state index >= 15 is 0 Å². The van der Waals surface area contributed by atoms with E-state index < -0.39 is 5.54 Å². The molecule has 0 bridgehead atoms. The molecule has 0 aliphatic heterocycles. The van der Waals surface area contributed by atoms with Gasteiger partial charge in [0.25, 0.3) is 0 Å². The van der Waals surface area contributed by atoms with E-state index in [0.717, 1.165) is 11.3 Å². The molecule has 0 radical (unpaired) electrons. The van der Waals surface area contributed by atoms with E-state index in [1.54, 1.807) is 18.8 Å². The fraction of sp³-hybridized carbons (Fsp3) is 0.500. The van der Waals surface area contributed by atoms with Crippen LogP contribution in [-0.4, -0.2) is 24.5 Å². The number of primary amides is 1. The van der Waals surface area contributed by atoms with Gasteiger partial charge in [0.2, 0.25) is 5.91 Å². The highest BCUT2D eigenvalue weighted by atomic mass is 32.2. The van der Waals surface area contributed by atoms with Crippen LogP contribution in [0.3, 0.4) is 0 Å². The highest BCUT2D eigenvalue weighted by Crippen LogP contribution is 2.26. The molecule has 1 rings (SSSR count). The molecule has 1 atom stereocenters. The first-order valence-corrected chi connectivity index (χ1v) is 7.30. The zero-order valence-corrected chi connectivity index (χ0v) is 12.1. The predicted molar refractivity (Wildman–Crippen MR) is 78.5 cm³/mol. The summed E-state index contributed by atoms with van der Waals surface area (Å²) in [6.07, 6.45) is 0. The van der Waals surface area contributed by atoms with E-state index in [0.29, 0.717) is 11.7 Å². The zero-order valence-electron chi connectivity index (χ0n) is 11.3. The van der Waals surface area contributed by atoms with Crippen LogP contribution in [0.15, 0.2) is 30.3 Å². The van der Waals surface area contributed by atoms with E-state index in [1.165, 1.54) is 0 Å². The van der Waals surface area contributed by atoms with Crippen LogP contribution in [-0.2, 0) is 10.3 Å². The number of benzene rings is 1. The van der Waals surface area contributed by atoms with Gasteiger partial charge in [-0.05, 0) is 24.3 Å². The molecule has 0 aromatic heterocycles. The Hall–Kier alpha value is -1.00. The topological polar surface area (TPSA) is 55.1 Å². The first-order chi connectivity index (χ1) is 8.53. The second kappa shape index (κ2) is 6.81. The van der Waals surface area contributed by atoms with Gasteiger partial charge in [0.15, 0.2) is 0 Å². The number of thioether (sulfide) groups is 1. The highest BCUT2D eigenvalue weighted by Gasteiger charge is 2.36. The van der Waals surface area contributed by atoms with Gasteiger partial charge in [-0.1, -0.05) is 44.2 Å². The van der Waals surface area contributed by atoms with Crippen LogP contribution >= 0.6 is 11.8 Å². The Bertz CT molecular complexity index is 381. The van der Waals surface area contributed by atoms with Crippen LogP contribution in [0.5, 0.6) is 0 Å². The van der Waals surface area contributed by atoms with Gasteiger partial charge in [0, 0.05) is 5.75 Å². The SMILES string of the molecule is CNC(CSCC(C)C)(C(N)=O)c1ccccc1. The van der Waals surface area contributed by atoms with Crippen molar-refractivity contribution < 1.29 is 4.79 Å². The Morgan fingerprint density at radius 2 is 2.00 bits per heavy atom. The van der Waals surface area contributed by atoms with E-state index in [4.69, 9.17) is 5.73 Å². The third-order valence-electron chi connectivity index (χ3n) is 2.88. The van der Waals surface area contributed by atoms with Crippen LogP contribution in [0, 0.1) is 5.92 Å². The average molecular weight is 266 g/mol. The second-order valence-corrected chi connectivity index (χ2v) is 5.82. The molecule has 3 N–H and O–H groups in total. The lowest BCUT2D eigenvalue weighted by atomic mass is 9.91. The summed E-state index contributed by atoms with van der Waals surface area (Å²) in [4.78, 5) is 11.9. The minimum absolute atomic E-state index is 0.326. The molecule has 1 aromatic carbocycles. The van der Waals surface area contributed by atoms with Crippen LogP contribution in [0.25, 0.3) is 0 Å². The van der Waals surface area contributed by atoms with Crippen molar-refractivity contribution in [2.75, 3.05) is 18.6 Å². The molecule has 1 aromatic rings. The predicted octanol–water partition coefficient (Wildman–Crippen LogP) is 1.98. The van der Waals surface area contributed by atoms with Gasteiger partial charge in [-0.15, -0.1) is 0 Å². The summed E-state index contributed by atoms with van der Waals surface area (Å²) in [5.74, 6) is 1.95. The number of rotatable bonds is 7. The van der Waals surface area contributed by atoms with Crippen molar-refractivity contribution >= 4 is 17.7 Å². The van der Waals surface area contributed by atoms with Crippen LogP contribution in [0.2, 0.25) is 0 Å². The molecule has 0 aliphatic rings. The van der Waals surface area contributed by atoms with E-state index in [-0.39, 0.29) is 5.91 Å². The fourth-order valence-electron chi connectivity index (χ4n) is 1.81. The molecule has 18 heavy (non-hydrogen) atoms. The Labute approximate surface area is 114 Å². The van der Waals surface area contributed by atoms with Gasteiger partial charge in [-0.3, -0.25) is 4.79 Å². The number of nitrogens with two attached hydrogens (primary N) is 1. The van der Waals surface area contributed by atoms with Crippen LogP contribution < -0.4 is 11.1 Å². The minimum Gasteiger partial charge on any atom is -0.368 e. The molecular formula is C14H22N2OS. The van der Waals surface area contributed by atoms with E-state index in [1.807, 2.05) is 30.3 Å². The largest absolute Gasteiger partial charge is 0.368 e. The lowest BCUT2D eigenvalue weighted by Crippen LogP contribution is -2.53. The van der Waals surface area contributed by atoms with Gasteiger partial charge in [0.1, 0.15) is 5.54 Å². The number of carbonyl (C=O) groups excluding carboxylic acids is 1. The van der Waals surface area contributed by atoms with Crippen LogP contribution in [0.1, 0.15) is 19.4 Å². The van der Waals surface area contributed by atoms with Crippen molar-refractivity contribution in [1.29, 1.82) is 0 Å². The summed E-state index contributed by atoms with van der Waals surface area (Å²) >= 11 is 1.75. The molecule has 3 nitrogen and oxygen atoms in total. The lowest BCUT2D eigenvalue weighted by Gasteiger charge is -2.30. The lowest BCUT2D eigenvalue weighted by molar-refractivity contribution is -0.123. The molecular weight excluding hydrogens is 244 g/mol. The molecule has 0 spiro atoms. The van der Waals surface area contributed by atoms with E-state index in [2.05, 4.69) is 19.2 Å². The third kappa shape index (κ3) is 3.50. The zero-order chi connectivity index (χ0) is 13.6. The Morgan fingerprint density at radius 1 is 1.39 bits per heavy atom. The summed E-state index contributed by atoms with van der Waals surface area (Å²) in [5.41, 5.74) is 5.77. The molecule has 0 heterocycles. The monoisotopic (exact) mass is 266 g/mol. The Balaban J connectivity index is 2.92. The van der Waals surface area contributed by atoms with Crippen molar-refractivity contribution in [1.82, 2.24) is 5.32 Å².